The molecule has 2 saturated heterocycles. The number of benzene rings is 1. The highest BCUT2D eigenvalue weighted by Gasteiger charge is 2.49. The van der Waals surface area contributed by atoms with Crippen LogP contribution in [0.3, 0.4) is 0 Å². The van der Waals surface area contributed by atoms with E-state index in [0.29, 0.717) is 18.8 Å². The van der Waals surface area contributed by atoms with Gasteiger partial charge in [0.05, 0.1) is 17.7 Å². The van der Waals surface area contributed by atoms with Gasteiger partial charge in [0.25, 0.3) is 0 Å². The van der Waals surface area contributed by atoms with E-state index in [-0.39, 0.29) is 22.1 Å². The Morgan fingerprint density at radius 1 is 1.24 bits per heavy atom. The van der Waals surface area contributed by atoms with Gasteiger partial charge in [0.15, 0.2) is 0 Å². The predicted octanol–water partition coefficient (Wildman–Crippen LogP) is 3.14. The van der Waals surface area contributed by atoms with Crippen LogP contribution in [0.1, 0.15) is 33.6 Å². The van der Waals surface area contributed by atoms with Crippen LogP contribution < -0.4 is 9.64 Å². The Balaban J connectivity index is 1.82. The average molecular weight is 362 g/mol. The molecule has 25 heavy (non-hydrogen) atoms. The minimum Gasteiger partial charge on any atom is -0.497 e. The summed E-state index contributed by atoms with van der Waals surface area (Å²) in [6.07, 6.45) is 1.59. The van der Waals surface area contributed by atoms with Gasteiger partial charge in [-0.25, -0.2) is 0 Å². The number of carbonyl (C=O) groups is 2. The van der Waals surface area contributed by atoms with Gasteiger partial charge in [0.2, 0.25) is 11.8 Å². The van der Waals surface area contributed by atoms with Crippen LogP contribution in [-0.4, -0.2) is 47.5 Å². The third-order valence-corrected chi connectivity index (χ3v) is 6.43. The van der Waals surface area contributed by atoms with Crippen LogP contribution >= 0.6 is 11.8 Å². The van der Waals surface area contributed by atoms with E-state index in [9.17, 15) is 9.59 Å². The van der Waals surface area contributed by atoms with Gasteiger partial charge in [0.1, 0.15) is 5.75 Å². The maximum absolute atomic E-state index is 12.6. The summed E-state index contributed by atoms with van der Waals surface area (Å²) in [5.41, 5.74) is 0.514. The first-order chi connectivity index (χ1) is 11.8. The Bertz CT molecular complexity index is 675. The number of rotatable bonds is 2. The Morgan fingerprint density at radius 2 is 1.92 bits per heavy atom. The van der Waals surface area contributed by atoms with Crippen molar-refractivity contribution in [3.8, 4) is 5.75 Å². The zero-order valence-corrected chi connectivity index (χ0v) is 16.2. The largest absolute Gasteiger partial charge is 0.497 e. The first-order valence-electron chi connectivity index (χ1n) is 8.67. The standard InChI is InChI=1S/C19H26N2O3S/c1-18(2,3)17(23)20-10-8-19(9-11-20)21(16(22)13-25-19)14-6-5-7-15(12-14)24-4/h5-7,12H,8-11,13H2,1-4H3. The number of carbonyl (C=O) groups excluding carboxylic acids is 2. The lowest BCUT2D eigenvalue weighted by Crippen LogP contribution is -2.54. The quantitative estimate of drug-likeness (QED) is 0.811. The van der Waals surface area contributed by atoms with E-state index in [1.807, 2.05) is 54.8 Å². The Labute approximate surface area is 153 Å². The highest BCUT2D eigenvalue weighted by Crippen LogP contribution is 2.47. The number of ether oxygens (including phenoxy) is 1. The SMILES string of the molecule is COc1cccc(N2C(=O)CSC23CCN(C(=O)C(C)(C)C)CC3)c1. The van der Waals surface area contributed by atoms with Crippen LogP contribution in [0.2, 0.25) is 0 Å². The fourth-order valence-electron chi connectivity index (χ4n) is 3.58. The molecule has 3 rings (SSSR count). The van der Waals surface area contributed by atoms with E-state index in [1.165, 1.54) is 0 Å². The molecule has 0 aliphatic carbocycles. The van der Waals surface area contributed by atoms with Gasteiger partial charge in [0, 0.05) is 30.3 Å². The molecule has 6 heteroatoms. The van der Waals surface area contributed by atoms with Gasteiger partial charge in [-0.2, -0.15) is 0 Å². The van der Waals surface area contributed by atoms with Gasteiger partial charge in [-0.1, -0.05) is 26.8 Å². The van der Waals surface area contributed by atoms with Crippen LogP contribution in [0.25, 0.3) is 0 Å². The number of likely N-dealkylation sites (tertiary alicyclic amines) is 1. The summed E-state index contributed by atoms with van der Waals surface area (Å²) in [5.74, 6) is 1.56. The molecule has 1 aromatic carbocycles. The third-order valence-electron chi connectivity index (χ3n) is 4.91. The smallest absolute Gasteiger partial charge is 0.238 e. The number of hydrogen-bond acceptors (Lipinski definition) is 4. The van der Waals surface area contributed by atoms with Crippen molar-refractivity contribution in [1.29, 1.82) is 0 Å². The van der Waals surface area contributed by atoms with Crippen LogP contribution in [0, 0.1) is 5.41 Å². The second-order valence-corrected chi connectivity index (χ2v) is 9.04. The van der Waals surface area contributed by atoms with Gasteiger partial charge in [-0.3, -0.25) is 14.5 Å². The molecule has 0 unspecified atom stereocenters. The van der Waals surface area contributed by atoms with Gasteiger partial charge in [-0.15, -0.1) is 11.8 Å². The first kappa shape index (κ1) is 18.1. The van der Waals surface area contributed by atoms with E-state index in [0.717, 1.165) is 24.3 Å². The second-order valence-electron chi connectivity index (χ2n) is 7.71. The van der Waals surface area contributed by atoms with E-state index in [4.69, 9.17) is 4.74 Å². The highest BCUT2D eigenvalue weighted by molar-refractivity contribution is 8.02. The van der Waals surface area contributed by atoms with Crippen molar-refractivity contribution in [2.24, 2.45) is 5.41 Å². The van der Waals surface area contributed by atoms with Crippen LogP contribution in [-0.2, 0) is 9.59 Å². The number of anilines is 1. The van der Waals surface area contributed by atoms with E-state index < -0.39 is 0 Å². The topological polar surface area (TPSA) is 49.9 Å². The molecule has 2 aliphatic rings. The van der Waals surface area contributed by atoms with Crippen molar-refractivity contribution in [1.82, 2.24) is 4.90 Å². The summed E-state index contributed by atoms with van der Waals surface area (Å²) in [6.45, 7) is 7.25. The summed E-state index contributed by atoms with van der Waals surface area (Å²) >= 11 is 1.71. The number of hydrogen-bond donors (Lipinski definition) is 0. The van der Waals surface area contributed by atoms with E-state index in [2.05, 4.69) is 0 Å². The highest BCUT2D eigenvalue weighted by atomic mass is 32.2. The van der Waals surface area contributed by atoms with Gasteiger partial charge < -0.3 is 9.64 Å². The number of methoxy groups -OCH3 is 1. The normalized spacial score (nSPS) is 20.2. The van der Waals surface area contributed by atoms with Crippen LogP contribution in [0.15, 0.2) is 24.3 Å². The molecule has 2 fully saturated rings. The molecule has 0 N–H and O–H groups in total. The van der Waals surface area contributed by atoms with Crippen molar-refractivity contribution < 1.29 is 14.3 Å². The molecule has 136 valence electrons. The van der Waals surface area contributed by atoms with E-state index in [1.54, 1.807) is 18.9 Å². The lowest BCUT2D eigenvalue weighted by atomic mass is 9.92. The van der Waals surface area contributed by atoms with Gasteiger partial charge >= 0.3 is 0 Å². The molecule has 5 nitrogen and oxygen atoms in total. The summed E-state index contributed by atoms with van der Waals surface area (Å²) in [7, 11) is 1.63. The monoisotopic (exact) mass is 362 g/mol. The minimum atomic E-state index is -0.365. The summed E-state index contributed by atoms with van der Waals surface area (Å²) in [5, 5.41) is 0. The maximum atomic E-state index is 12.6. The Morgan fingerprint density at radius 3 is 2.52 bits per heavy atom. The van der Waals surface area contributed by atoms with Crippen LogP contribution in [0.4, 0.5) is 5.69 Å². The summed E-state index contributed by atoms with van der Waals surface area (Å²) in [4.78, 5) is 28.8. The number of thioether (sulfide) groups is 1. The molecule has 0 atom stereocenters. The third kappa shape index (κ3) is 3.36. The zero-order valence-electron chi connectivity index (χ0n) is 15.4. The lowest BCUT2D eigenvalue weighted by molar-refractivity contribution is -0.140. The van der Waals surface area contributed by atoms with Crippen molar-refractivity contribution in [3.05, 3.63) is 24.3 Å². The lowest BCUT2D eigenvalue weighted by Gasteiger charge is -2.45. The molecule has 0 aromatic heterocycles. The Hall–Kier alpha value is -1.69. The van der Waals surface area contributed by atoms with Gasteiger partial charge in [-0.05, 0) is 25.0 Å². The summed E-state index contributed by atoms with van der Waals surface area (Å²) in [6, 6.07) is 7.67. The molecule has 0 saturated carbocycles. The molecular weight excluding hydrogens is 336 g/mol. The van der Waals surface area contributed by atoms with Crippen molar-refractivity contribution >= 4 is 29.3 Å². The van der Waals surface area contributed by atoms with Crippen molar-refractivity contribution in [2.45, 2.75) is 38.5 Å². The number of amides is 2. The molecule has 2 heterocycles. The molecule has 0 radical (unpaired) electrons. The van der Waals surface area contributed by atoms with E-state index >= 15 is 0 Å². The summed E-state index contributed by atoms with van der Waals surface area (Å²) < 4.78 is 5.31. The molecule has 2 aliphatic heterocycles. The van der Waals surface area contributed by atoms with Crippen molar-refractivity contribution in [3.63, 3.8) is 0 Å². The fourth-order valence-corrected chi connectivity index (χ4v) is 4.91. The fraction of sp³-hybridized carbons (Fsp3) is 0.579. The van der Waals surface area contributed by atoms with Crippen molar-refractivity contribution in [2.75, 3.05) is 30.9 Å². The molecular formula is C19H26N2O3S. The molecule has 0 bridgehead atoms. The minimum absolute atomic E-state index is 0.133. The van der Waals surface area contributed by atoms with Crippen LogP contribution in [0.5, 0.6) is 5.75 Å². The number of nitrogens with zero attached hydrogens (tertiary/aromatic N) is 2. The predicted molar refractivity (Wildman–Crippen MR) is 101 cm³/mol. The zero-order chi connectivity index (χ0) is 18.2. The Kier molecular flexibility index (Phi) is 4.75. The molecule has 1 aromatic rings. The number of piperidine rings is 1. The average Bonchev–Trinajstić information content (AvgIpc) is 2.90. The maximum Gasteiger partial charge on any atom is 0.238 e. The second kappa shape index (κ2) is 6.56. The molecule has 1 spiro atoms. The first-order valence-corrected chi connectivity index (χ1v) is 9.66. The molecule has 2 amide bonds.